The standard InChI is InChI=1S/C11H15N5O2S/c1-8-11(7-13-14-8)19(17,18)15-9-6-12-5-4-10(9)16(2)3/h4-7,15H,1-3H3,(H,13,14). The fourth-order valence-corrected chi connectivity index (χ4v) is 2.86. The van der Waals surface area contributed by atoms with Crippen molar-refractivity contribution >= 4 is 21.4 Å². The lowest BCUT2D eigenvalue weighted by atomic mass is 10.3. The Bertz CT molecular complexity index is 678. The highest BCUT2D eigenvalue weighted by Crippen LogP contribution is 2.25. The van der Waals surface area contributed by atoms with Crippen molar-refractivity contribution < 1.29 is 8.42 Å². The van der Waals surface area contributed by atoms with Crippen molar-refractivity contribution in [2.45, 2.75) is 11.8 Å². The molecule has 0 aliphatic carbocycles. The predicted octanol–water partition coefficient (Wildman–Crippen LogP) is 0.980. The molecule has 0 unspecified atom stereocenters. The molecule has 0 amide bonds. The van der Waals surface area contributed by atoms with Crippen LogP contribution >= 0.6 is 0 Å². The van der Waals surface area contributed by atoms with Gasteiger partial charge in [0, 0.05) is 20.3 Å². The average Bonchev–Trinajstić information content (AvgIpc) is 2.76. The van der Waals surface area contributed by atoms with E-state index in [0.717, 1.165) is 5.69 Å². The van der Waals surface area contributed by atoms with Gasteiger partial charge in [-0.15, -0.1) is 0 Å². The largest absolute Gasteiger partial charge is 0.376 e. The molecule has 0 aromatic carbocycles. The number of hydrogen-bond donors (Lipinski definition) is 2. The highest BCUT2D eigenvalue weighted by atomic mass is 32.2. The molecule has 0 aliphatic rings. The summed E-state index contributed by atoms with van der Waals surface area (Å²) < 4.78 is 27.0. The number of aryl methyl sites for hydroxylation is 1. The number of hydrogen-bond acceptors (Lipinski definition) is 5. The van der Waals surface area contributed by atoms with Gasteiger partial charge in [0.1, 0.15) is 4.90 Å². The number of anilines is 2. The summed E-state index contributed by atoms with van der Waals surface area (Å²) in [6, 6.07) is 1.74. The number of nitrogens with one attached hydrogen (secondary N) is 2. The maximum absolute atomic E-state index is 12.2. The second-order valence-corrected chi connectivity index (χ2v) is 5.90. The Morgan fingerprint density at radius 3 is 2.63 bits per heavy atom. The Morgan fingerprint density at radius 2 is 2.05 bits per heavy atom. The molecule has 102 valence electrons. The highest BCUT2D eigenvalue weighted by Gasteiger charge is 2.20. The van der Waals surface area contributed by atoms with Gasteiger partial charge in [-0.2, -0.15) is 5.10 Å². The second kappa shape index (κ2) is 4.88. The van der Waals surface area contributed by atoms with Crippen molar-refractivity contribution in [2.24, 2.45) is 0 Å². The van der Waals surface area contributed by atoms with Crippen LogP contribution in [0.4, 0.5) is 11.4 Å². The zero-order chi connectivity index (χ0) is 14.0. The van der Waals surface area contributed by atoms with Crippen molar-refractivity contribution in [2.75, 3.05) is 23.7 Å². The van der Waals surface area contributed by atoms with E-state index in [0.29, 0.717) is 11.4 Å². The van der Waals surface area contributed by atoms with Crippen molar-refractivity contribution in [1.29, 1.82) is 0 Å². The number of sulfonamides is 1. The van der Waals surface area contributed by atoms with Gasteiger partial charge in [-0.1, -0.05) is 0 Å². The Labute approximate surface area is 111 Å². The normalized spacial score (nSPS) is 11.3. The molecule has 0 saturated carbocycles. The number of pyridine rings is 1. The molecular formula is C11H15N5O2S. The Hall–Kier alpha value is -2.09. The van der Waals surface area contributed by atoms with Crippen LogP contribution in [0.1, 0.15) is 5.69 Å². The van der Waals surface area contributed by atoms with Gasteiger partial charge < -0.3 is 4.90 Å². The zero-order valence-electron chi connectivity index (χ0n) is 10.9. The lowest BCUT2D eigenvalue weighted by molar-refractivity contribution is 0.600. The van der Waals surface area contributed by atoms with Crippen LogP contribution in [0.15, 0.2) is 29.6 Å². The molecule has 0 bridgehead atoms. The summed E-state index contributed by atoms with van der Waals surface area (Å²) in [6.07, 6.45) is 4.36. The van der Waals surface area contributed by atoms with Crippen LogP contribution in [0, 0.1) is 6.92 Å². The second-order valence-electron chi connectivity index (χ2n) is 4.25. The van der Waals surface area contributed by atoms with Gasteiger partial charge in [0.05, 0.1) is 29.5 Å². The fraction of sp³-hybridized carbons (Fsp3) is 0.273. The van der Waals surface area contributed by atoms with Gasteiger partial charge in [0.2, 0.25) is 0 Å². The van der Waals surface area contributed by atoms with E-state index >= 15 is 0 Å². The highest BCUT2D eigenvalue weighted by molar-refractivity contribution is 7.92. The summed E-state index contributed by atoms with van der Waals surface area (Å²) in [4.78, 5) is 5.87. The molecule has 0 radical (unpaired) electrons. The summed E-state index contributed by atoms with van der Waals surface area (Å²) >= 11 is 0. The van der Waals surface area contributed by atoms with Gasteiger partial charge in [0.15, 0.2) is 0 Å². The summed E-state index contributed by atoms with van der Waals surface area (Å²) in [5, 5.41) is 6.32. The first-order valence-corrected chi connectivity index (χ1v) is 7.04. The van der Waals surface area contributed by atoms with Gasteiger partial charge in [0.25, 0.3) is 10.0 Å². The minimum atomic E-state index is -3.67. The number of rotatable bonds is 4. The van der Waals surface area contributed by atoms with E-state index in [-0.39, 0.29) is 4.90 Å². The molecule has 2 heterocycles. The van der Waals surface area contributed by atoms with Crippen LogP contribution in [0.5, 0.6) is 0 Å². The molecule has 8 heteroatoms. The van der Waals surface area contributed by atoms with Crippen LogP contribution in [-0.2, 0) is 10.0 Å². The van der Waals surface area contributed by atoms with E-state index in [9.17, 15) is 8.42 Å². The van der Waals surface area contributed by atoms with Crippen molar-refractivity contribution in [3.63, 3.8) is 0 Å². The smallest absolute Gasteiger partial charge is 0.265 e. The molecule has 0 spiro atoms. The van der Waals surface area contributed by atoms with E-state index in [4.69, 9.17) is 0 Å². The summed E-state index contributed by atoms with van der Waals surface area (Å²) in [5.74, 6) is 0. The summed E-state index contributed by atoms with van der Waals surface area (Å²) in [5.41, 5.74) is 1.65. The van der Waals surface area contributed by atoms with Crippen LogP contribution in [0.2, 0.25) is 0 Å². The number of aromatic amines is 1. The maximum Gasteiger partial charge on any atom is 0.265 e. The first-order valence-electron chi connectivity index (χ1n) is 5.56. The molecule has 0 saturated heterocycles. The summed E-state index contributed by atoms with van der Waals surface area (Å²) in [7, 11) is -0.00791. The Balaban J connectivity index is 2.39. The van der Waals surface area contributed by atoms with Crippen molar-refractivity contribution in [3.05, 3.63) is 30.4 Å². The molecule has 0 atom stereocenters. The third kappa shape index (κ3) is 2.68. The Morgan fingerprint density at radius 1 is 1.32 bits per heavy atom. The van der Waals surface area contributed by atoms with Crippen molar-refractivity contribution in [3.8, 4) is 0 Å². The van der Waals surface area contributed by atoms with Crippen molar-refractivity contribution in [1.82, 2.24) is 15.2 Å². The molecular weight excluding hydrogens is 266 g/mol. The number of aromatic nitrogens is 3. The first-order chi connectivity index (χ1) is 8.92. The topological polar surface area (TPSA) is 91.0 Å². The minimum absolute atomic E-state index is 0.126. The lowest BCUT2D eigenvalue weighted by Gasteiger charge is -2.17. The molecule has 2 aromatic heterocycles. The predicted molar refractivity (Wildman–Crippen MR) is 72.7 cm³/mol. The van der Waals surface area contributed by atoms with Crippen LogP contribution < -0.4 is 9.62 Å². The molecule has 0 aliphatic heterocycles. The first kappa shape index (κ1) is 13.3. The average molecular weight is 281 g/mol. The maximum atomic E-state index is 12.2. The van der Waals surface area contributed by atoms with Crippen LogP contribution in [0.3, 0.4) is 0 Å². The van der Waals surface area contributed by atoms with Gasteiger partial charge in [-0.05, 0) is 13.0 Å². The van der Waals surface area contributed by atoms with E-state index in [1.165, 1.54) is 12.4 Å². The Kier molecular flexibility index (Phi) is 3.43. The number of nitrogens with zero attached hydrogens (tertiary/aromatic N) is 3. The lowest BCUT2D eigenvalue weighted by Crippen LogP contribution is -2.17. The van der Waals surface area contributed by atoms with E-state index < -0.39 is 10.0 Å². The van der Waals surface area contributed by atoms with E-state index in [1.54, 1.807) is 19.2 Å². The quantitative estimate of drug-likeness (QED) is 0.871. The molecule has 2 aromatic rings. The monoisotopic (exact) mass is 281 g/mol. The molecule has 19 heavy (non-hydrogen) atoms. The third-order valence-corrected chi connectivity index (χ3v) is 4.08. The van der Waals surface area contributed by atoms with E-state index in [2.05, 4.69) is 19.9 Å². The molecule has 2 rings (SSSR count). The molecule has 0 fully saturated rings. The third-order valence-electron chi connectivity index (χ3n) is 2.60. The number of H-pyrrole nitrogens is 1. The fourth-order valence-electron chi connectivity index (χ4n) is 1.67. The van der Waals surface area contributed by atoms with Gasteiger partial charge >= 0.3 is 0 Å². The van der Waals surface area contributed by atoms with E-state index in [1.807, 2.05) is 19.0 Å². The summed E-state index contributed by atoms with van der Waals surface area (Å²) in [6.45, 7) is 1.65. The molecule has 7 nitrogen and oxygen atoms in total. The minimum Gasteiger partial charge on any atom is -0.376 e. The van der Waals surface area contributed by atoms with Crippen LogP contribution in [0.25, 0.3) is 0 Å². The zero-order valence-corrected chi connectivity index (χ0v) is 11.7. The van der Waals surface area contributed by atoms with Gasteiger partial charge in [-0.25, -0.2) is 8.42 Å². The SMILES string of the molecule is Cc1[nH]ncc1S(=O)(=O)Nc1cnccc1N(C)C. The van der Waals surface area contributed by atoms with Crippen LogP contribution in [-0.4, -0.2) is 37.7 Å². The van der Waals surface area contributed by atoms with Gasteiger partial charge in [-0.3, -0.25) is 14.8 Å². The molecule has 2 N–H and O–H groups in total.